The first-order chi connectivity index (χ1) is 7.77. The zero-order valence-electron chi connectivity index (χ0n) is 9.60. The van der Waals surface area contributed by atoms with Crippen LogP contribution in [0, 0.1) is 6.92 Å². The maximum atomic E-state index is 4.15. The molecule has 2 nitrogen and oxygen atoms in total. The van der Waals surface area contributed by atoms with Crippen LogP contribution in [0.3, 0.4) is 0 Å². The van der Waals surface area contributed by atoms with Crippen LogP contribution < -0.4 is 5.32 Å². The lowest BCUT2D eigenvalue weighted by molar-refractivity contribution is 0.574. The first-order valence-electron chi connectivity index (χ1n) is 5.42. The van der Waals surface area contributed by atoms with Crippen molar-refractivity contribution in [2.45, 2.75) is 26.4 Å². The summed E-state index contributed by atoms with van der Waals surface area (Å²) in [4.78, 5) is 4.15. The molecule has 16 heavy (non-hydrogen) atoms. The molecule has 0 spiro atoms. The van der Waals surface area contributed by atoms with E-state index in [9.17, 15) is 0 Å². The van der Waals surface area contributed by atoms with Gasteiger partial charge < -0.3 is 5.32 Å². The fourth-order valence-corrected chi connectivity index (χ4v) is 2.34. The number of pyridine rings is 1. The number of aromatic nitrogens is 1. The zero-order chi connectivity index (χ0) is 11.4. The fraction of sp³-hybridized carbons (Fsp3) is 0.308. The van der Waals surface area contributed by atoms with Crippen molar-refractivity contribution in [3.05, 3.63) is 52.0 Å². The highest BCUT2D eigenvalue weighted by Crippen LogP contribution is 2.16. The molecule has 2 aromatic rings. The number of nitrogens with zero attached hydrogens (tertiary/aromatic N) is 1. The van der Waals surface area contributed by atoms with Crippen molar-refractivity contribution >= 4 is 11.3 Å². The molecule has 0 aromatic carbocycles. The van der Waals surface area contributed by atoms with Gasteiger partial charge in [0.25, 0.3) is 0 Å². The SMILES string of the molecule is Cc1ccncc1CNC(C)c1ccsc1. The van der Waals surface area contributed by atoms with Gasteiger partial charge in [-0.05, 0) is 53.4 Å². The molecule has 2 rings (SSSR count). The summed E-state index contributed by atoms with van der Waals surface area (Å²) in [6, 6.07) is 4.61. The molecule has 1 N–H and O–H groups in total. The molecule has 1 atom stereocenters. The Hall–Kier alpha value is -1.19. The lowest BCUT2D eigenvalue weighted by atomic mass is 10.1. The topological polar surface area (TPSA) is 24.9 Å². The van der Waals surface area contributed by atoms with Crippen molar-refractivity contribution in [1.82, 2.24) is 10.3 Å². The van der Waals surface area contributed by atoms with Crippen molar-refractivity contribution < 1.29 is 0 Å². The van der Waals surface area contributed by atoms with Gasteiger partial charge in [-0.15, -0.1) is 0 Å². The maximum absolute atomic E-state index is 4.15. The minimum Gasteiger partial charge on any atom is -0.306 e. The molecule has 0 saturated heterocycles. The van der Waals surface area contributed by atoms with Gasteiger partial charge in [-0.1, -0.05) is 0 Å². The van der Waals surface area contributed by atoms with Crippen LogP contribution in [0.15, 0.2) is 35.3 Å². The minimum absolute atomic E-state index is 0.394. The Morgan fingerprint density at radius 1 is 1.44 bits per heavy atom. The second kappa shape index (κ2) is 5.23. The Morgan fingerprint density at radius 2 is 2.31 bits per heavy atom. The smallest absolute Gasteiger partial charge is 0.0315 e. The van der Waals surface area contributed by atoms with Crippen molar-refractivity contribution in [3.63, 3.8) is 0 Å². The highest BCUT2D eigenvalue weighted by atomic mass is 32.1. The number of rotatable bonds is 4. The van der Waals surface area contributed by atoms with Gasteiger partial charge in [0.1, 0.15) is 0 Å². The first-order valence-corrected chi connectivity index (χ1v) is 6.36. The summed E-state index contributed by atoms with van der Waals surface area (Å²) in [5.41, 5.74) is 3.91. The van der Waals surface area contributed by atoms with Gasteiger partial charge in [0.15, 0.2) is 0 Å². The van der Waals surface area contributed by atoms with E-state index >= 15 is 0 Å². The zero-order valence-corrected chi connectivity index (χ0v) is 10.4. The summed E-state index contributed by atoms with van der Waals surface area (Å²) in [7, 11) is 0. The summed E-state index contributed by atoms with van der Waals surface area (Å²) >= 11 is 1.74. The van der Waals surface area contributed by atoms with E-state index in [4.69, 9.17) is 0 Å². The molecule has 0 aliphatic rings. The summed E-state index contributed by atoms with van der Waals surface area (Å²) in [5, 5.41) is 7.81. The molecular formula is C13H16N2S. The van der Waals surface area contributed by atoms with Crippen LogP contribution in [0.5, 0.6) is 0 Å². The van der Waals surface area contributed by atoms with Gasteiger partial charge in [-0.25, -0.2) is 0 Å². The third-order valence-corrected chi connectivity index (χ3v) is 3.49. The highest BCUT2D eigenvalue weighted by Gasteiger charge is 2.05. The lowest BCUT2D eigenvalue weighted by Crippen LogP contribution is -2.18. The van der Waals surface area contributed by atoms with E-state index < -0.39 is 0 Å². The van der Waals surface area contributed by atoms with E-state index in [2.05, 4.69) is 41.0 Å². The highest BCUT2D eigenvalue weighted by molar-refractivity contribution is 7.07. The molecule has 2 aromatic heterocycles. The normalized spacial score (nSPS) is 12.6. The van der Waals surface area contributed by atoms with Crippen LogP contribution in [0.4, 0.5) is 0 Å². The molecule has 0 aliphatic heterocycles. The van der Waals surface area contributed by atoms with Gasteiger partial charge >= 0.3 is 0 Å². The minimum atomic E-state index is 0.394. The molecule has 0 saturated carbocycles. The van der Waals surface area contributed by atoms with Crippen molar-refractivity contribution in [2.24, 2.45) is 0 Å². The van der Waals surface area contributed by atoms with Gasteiger partial charge in [0, 0.05) is 25.0 Å². The van der Waals surface area contributed by atoms with E-state index in [0.29, 0.717) is 6.04 Å². The van der Waals surface area contributed by atoms with Gasteiger partial charge in [0.2, 0.25) is 0 Å². The maximum Gasteiger partial charge on any atom is 0.0315 e. The standard InChI is InChI=1S/C13H16N2S/c1-10-3-5-14-7-13(10)8-15-11(2)12-4-6-16-9-12/h3-7,9,11,15H,8H2,1-2H3. The third-order valence-electron chi connectivity index (χ3n) is 2.79. The van der Waals surface area contributed by atoms with E-state index in [1.165, 1.54) is 16.7 Å². The third kappa shape index (κ3) is 2.68. The summed E-state index contributed by atoms with van der Waals surface area (Å²) < 4.78 is 0. The largest absolute Gasteiger partial charge is 0.306 e. The van der Waals surface area contributed by atoms with E-state index in [1.54, 1.807) is 11.3 Å². The predicted molar refractivity (Wildman–Crippen MR) is 68.5 cm³/mol. The molecule has 1 unspecified atom stereocenters. The van der Waals surface area contributed by atoms with E-state index in [-0.39, 0.29) is 0 Å². The fourth-order valence-electron chi connectivity index (χ4n) is 1.58. The van der Waals surface area contributed by atoms with Crippen LogP contribution >= 0.6 is 11.3 Å². The molecule has 84 valence electrons. The first kappa shape index (κ1) is 11.3. The van der Waals surface area contributed by atoms with Crippen LogP contribution in [-0.2, 0) is 6.54 Å². The number of thiophene rings is 1. The number of aryl methyl sites for hydroxylation is 1. The molecule has 0 bridgehead atoms. The number of hydrogen-bond donors (Lipinski definition) is 1. The quantitative estimate of drug-likeness (QED) is 0.875. The van der Waals surface area contributed by atoms with E-state index in [1.807, 2.05) is 18.5 Å². The van der Waals surface area contributed by atoms with Gasteiger partial charge in [0.05, 0.1) is 0 Å². The lowest BCUT2D eigenvalue weighted by Gasteiger charge is -2.13. The van der Waals surface area contributed by atoms with Crippen molar-refractivity contribution in [2.75, 3.05) is 0 Å². The van der Waals surface area contributed by atoms with Gasteiger partial charge in [-0.2, -0.15) is 11.3 Å². The summed E-state index contributed by atoms with van der Waals surface area (Å²) in [6.07, 6.45) is 3.77. The molecular weight excluding hydrogens is 216 g/mol. The van der Waals surface area contributed by atoms with Gasteiger partial charge in [-0.3, -0.25) is 4.98 Å². The van der Waals surface area contributed by atoms with E-state index in [0.717, 1.165) is 6.54 Å². The molecule has 0 aliphatic carbocycles. The molecule has 3 heteroatoms. The molecule has 0 fully saturated rings. The van der Waals surface area contributed by atoms with Crippen molar-refractivity contribution in [1.29, 1.82) is 0 Å². The Labute approximate surface area is 100 Å². The van der Waals surface area contributed by atoms with Crippen molar-refractivity contribution in [3.8, 4) is 0 Å². The molecule has 2 heterocycles. The Morgan fingerprint density at radius 3 is 3.00 bits per heavy atom. The monoisotopic (exact) mass is 232 g/mol. The summed E-state index contributed by atoms with van der Waals surface area (Å²) in [6.45, 7) is 5.18. The average molecular weight is 232 g/mol. The summed E-state index contributed by atoms with van der Waals surface area (Å²) in [5.74, 6) is 0. The number of nitrogens with one attached hydrogen (secondary N) is 1. The van der Waals surface area contributed by atoms with Crippen LogP contribution in [0.1, 0.15) is 29.7 Å². The Kier molecular flexibility index (Phi) is 3.70. The Balaban J connectivity index is 1.95. The molecule has 0 amide bonds. The van der Waals surface area contributed by atoms with Crippen LogP contribution in [0.2, 0.25) is 0 Å². The average Bonchev–Trinajstić information content (AvgIpc) is 2.81. The second-order valence-corrected chi connectivity index (χ2v) is 4.74. The second-order valence-electron chi connectivity index (χ2n) is 3.96. The van der Waals surface area contributed by atoms with Crippen LogP contribution in [0.25, 0.3) is 0 Å². The Bertz CT molecular complexity index is 437. The molecule has 0 radical (unpaired) electrons. The number of hydrogen-bond acceptors (Lipinski definition) is 3. The van der Waals surface area contributed by atoms with Crippen LogP contribution in [-0.4, -0.2) is 4.98 Å². The predicted octanol–water partition coefficient (Wildman–Crippen LogP) is 3.30.